The molecule has 1 fully saturated rings. The summed E-state index contributed by atoms with van der Waals surface area (Å²) in [6.07, 6.45) is 3.99. The molecule has 1 atom stereocenters. The van der Waals surface area contributed by atoms with Crippen molar-refractivity contribution >= 4 is 23.7 Å². The monoisotopic (exact) mass is 311 g/mol. The van der Waals surface area contributed by atoms with E-state index in [1.165, 1.54) is 27.5 Å². The van der Waals surface area contributed by atoms with Crippen LogP contribution in [0.25, 0.3) is 0 Å². The lowest BCUT2D eigenvalue weighted by atomic mass is 10.1. The SMILES string of the molecule is Cc1ccccc1Sc1ccc(N2CCCC2CC=O)cc1. The minimum Gasteiger partial charge on any atom is -0.368 e. The van der Waals surface area contributed by atoms with Gasteiger partial charge in [0.25, 0.3) is 0 Å². The predicted octanol–water partition coefficient (Wildman–Crippen LogP) is 4.70. The van der Waals surface area contributed by atoms with Gasteiger partial charge in [-0.2, -0.15) is 0 Å². The van der Waals surface area contributed by atoms with Crippen LogP contribution >= 0.6 is 11.8 Å². The normalized spacial score (nSPS) is 17.7. The summed E-state index contributed by atoms with van der Waals surface area (Å²) < 4.78 is 0. The average molecular weight is 311 g/mol. The number of hydrogen-bond acceptors (Lipinski definition) is 3. The minimum atomic E-state index is 0.382. The second kappa shape index (κ2) is 7.01. The highest BCUT2D eigenvalue weighted by molar-refractivity contribution is 7.99. The number of hydrogen-bond donors (Lipinski definition) is 0. The van der Waals surface area contributed by atoms with E-state index in [-0.39, 0.29) is 0 Å². The molecule has 0 bridgehead atoms. The zero-order chi connectivity index (χ0) is 15.4. The molecule has 0 aromatic heterocycles. The van der Waals surface area contributed by atoms with Crippen molar-refractivity contribution in [3.63, 3.8) is 0 Å². The third kappa shape index (κ3) is 3.36. The molecular formula is C19H21NOS. The van der Waals surface area contributed by atoms with Crippen LogP contribution in [0, 0.1) is 6.92 Å². The Labute approximate surface area is 136 Å². The molecule has 1 unspecified atom stereocenters. The standard InChI is InChI=1S/C19H21NOS/c1-15-5-2-3-7-19(15)22-18-10-8-17(9-11-18)20-13-4-6-16(20)12-14-21/h2-3,5,7-11,14,16H,4,6,12-13H2,1H3. The van der Waals surface area contributed by atoms with Gasteiger partial charge in [0.1, 0.15) is 6.29 Å². The van der Waals surface area contributed by atoms with Crippen LogP contribution < -0.4 is 4.90 Å². The van der Waals surface area contributed by atoms with Gasteiger partial charge in [0.2, 0.25) is 0 Å². The van der Waals surface area contributed by atoms with Gasteiger partial charge in [-0.05, 0) is 55.7 Å². The Hall–Kier alpha value is -1.74. The molecule has 2 nitrogen and oxygen atoms in total. The summed E-state index contributed by atoms with van der Waals surface area (Å²) in [6, 6.07) is 17.6. The van der Waals surface area contributed by atoms with Crippen LogP contribution in [0.5, 0.6) is 0 Å². The number of rotatable bonds is 5. The van der Waals surface area contributed by atoms with Gasteiger partial charge in [0, 0.05) is 34.5 Å². The highest BCUT2D eigenvalue weighted by atomic mass is 32.2. The number of carbonyl (C=O) groups is 1. The first-order valence-corrected chi connectivity index (χ1v) is 8.63. The van der Waals surface area contributed by atoms with Crippen LogP contribution in [0.15, 0.2) is 58.3 Å². The predicted molar refractivity (Wildman–Crippen MR) is 92.8 cm³/mol. The van der Waals surface area contributed by atoms with E-state index in [0.29, 0.717) is 12.5 Å². The first-order valence-electron chi connectivity index (χ1n) is 7.82. The third-order valence-electron chi connectivity index (χ3n) is 4.24. The zero-order valence-electron chi connectivity index (χ0n) is 12.9. The Kier molecular flexibility index (Phi) is 4.84. The van der Waals surface area contributed by atoms with E-state index in [0.717, 1.165) is 19.3 Å². The lowest BCUT2D eigenvalue weighted by Crippen LogP contribution is -2.29. The van der Waals surface area contributed by atoms with Crippen molar-refractivity contribution in [1.82, 2.24) is 0 Å². The van der Waals surface area contributed by atoms with Gasteiger partial charge in [-0.25, -0.2) is 0 Å². The van der Waals surface area contributed by atoms with Gasteiger partial charge in [-0.1, -0.05) is 30.0 Å². The van der Waals surface area contributed by atoms with E-state index in [2.05, 4.69) is 60.4 Å². The smallest absolute Gasteiger partial charge is 0.122 e. The number of nitrogens with zero attached hydrogens (tertiary/aromatic N) is 1. The van der Waals surface area contributed by atoms with Gasteiger partial charge < -0.3 is 9.69 Å². The van der Waals surface area contributed by atoms with E-state index in [4.69, 9.17) is 0 Å². The number of benzene rings is 2. The number of anilines is 1. The number of aldehydes is 1. The molecule has 2 aromatic carbocycles. The first kappa shape index (κ1) is 15.2. The topological polar surface area (TPSA) is 20.3 Å². The van der Waals surface area contributed by atoms with Gasteiger partial charge in [0.15, 0.2) is 0 Å². The van der Waals surface area contributed by atoms with E-state index in [9.17, 15) is 4.79 Å². The molecular weight excluding hydrogens is 290 g/mol. The second-order valence-electron chi connectivity index (χ2n) is 5.75. The molecule has 0 radical (unpaired) electrons. The second-order valence-corrected chi connectivity index (χ2v) is 6.87. The fraction of sp³-hybridized carbons (Fsp3) is 0.316. The number of aryl methyl sites for hydroxylation is 1. The lowest BCUT2D eigenvalue weighted by molar-refractivity contribution is -0.108. The summed E-state index contributed by atoms with van der Waals surface area (Å²) >= 11 is 1.80. The van der Waals surface area contributed by atoms with Crippen molar-refractivity contribution in [2.75, 3.05) is 11.4 Å². The maximum atomic E-state index is 10.8. The first-order chi connectivity index (χ1) is 10.8. The lowest BCUT2D eigenvalue weighted by Gasteiger charge is -2.25. The minimum absolute atomic E-state index is 0.382. The fourth-order valence-corrected chi connectivity index (χ4v) is 3.94. The van der Waals surface area contributed by atoms with Crippen LogP contribution in [0.4, 0.5) is 5.69 Å². The Bertz CT molecular complexity index is 638. The molecule has 3 heteroatoms. The van der Waals surface area contributed by atoms with Crippen molar-refractivity contribution in [3.8, 4) is 0 Å². The fourth-order valence-electron chi connectivity index (χ4n) is 3.04. The third-order valence-corrected chi connectivity index (χ3v) is 5.42. The highest BCUT2D eigenvalue weighted by Gasteiger charge is 2.24. The molecule has 0 amide bonds. The van der Waals surface area contributed by atoms with Gasteiger partial charge in [-0.3, -0.25) is 0 Å². The average Bonchev–Trinajstić information content (AvgIpc) is 2.99. The Morgan fingerprint density at radius 3 is 2.68 bits per heavy atom. The highest BCUT2D eigenvalue weighted by Crippen LogP contribution is 2.33. The molecule has 0 spiro atoms. The molecule has 1 heterocycles. The van der Waals surface area contributed by atoms with E-state index in [1.54, 1.807) is 11.8 Å². The van der Waals surface area contributed by atoms with Crippen LogP contribution in [0.2, 0.25) is 0 Å². The van der Waals surface area contributed by atoms with Crippen LogP contribution in [0.3, 0.4) is 0 Å². The molecule has 0 aliphatic carbocycles. The molecule has 1 aliphatic rings. The number of carbonyl (C=O) groups excluding carboxylic acids is 1. The summed E-state index contributed by atoms with van der Waals surface area (Å²) in [7, 11) is 0. The summed E-state index contributed by atoms with van der Waals surface area (Å²) in [5.41, 5.74) is 2.54. The van der Waals surface area contributed by atoms with Crippen LogP contribution in [-0.2, 0) is 4.79 Å². The van der Waals surface area contributed by atoms with Crippen molar-refractivity contribution in [2.24, 2.45) is 0 Å². The zero-order valence-corrected chi connectivity index (χ0v) is 13.7. The Morgan fingerprint density at radius 1 is 1.18 bits per heavy atom. The van der Waals surface area contributed by atoms with Crippen molar-refractivity contribution in [3.05, 3.63) is 54.1 Å². The Morgan fingerprint density at radius 2 is 1.95 bits per heavy atom. The maximum absolute atomic E-state index is 10.8. The van der Waals surface area contributed by atoms with Crippen LogP contribution in [-0.4, -0.2) is 18.9 Å². The molecule has 2 aromatic rings. The Balaban J connectivity index is 1.73. The molecule has 22 heavy (non-hydrogen) atoms. The van der Waals surface area contributed by atoms with Gasteiger partial charge in [-0.15, -0.1) is 0 Å². The van der Waals surface area contributed by atoms with Crippen molar-refractivity contribution in [2.45, 2.75) is 42.0 Å². The maximum Gasteiger partial charge on any atom is 0.122 e. The summed E-state index contributed by atoms with van der Waals surface area (Å²) in [4.78, 5) is 15.7. The molecule has 0 saturated carbocycles. The van der Waals surface area contributed by atoms with Crippen molar-refractivity contribution < 1.29 is 4.79 Å². The van der Waals surface area contributed by atoms with E-state index in [1.807, 2.05) is 0 Å². The summed E-state index contributed by atoms with van der Waals surface area (Å²) in [5.74, 6) is 0. The molecule has 1 aliphatic heterocycles. The van der Waals surface area contributed by atoms with Crippen molar-refractivity contribution in [1.29, 1.82) is 0 Å². The molecule has 0 N–H and O–H groups in total. The largest absolute Gasteiger partial charge is 0.368 e. The van der Waals surface area contributed by atoms with Gasteiger partial charge >= 0.3 is 0 Å². The van der Waals surface area contributed by atoms with E-state index < -0.39 is 0 Å². The molecule has 114 valence electrons. The summed E-state index contributed by atoms with van der Waals surface area (Å²) in [6.45, 7) is 3.20. The molecule has 1 saturated heterocycles. The van der Waals surface area contributed by atoms with Crippen LogP contribution in [0.1, 0.15) is 24.8 Å². The summed E-state index contributed by atoms with van der Waals surface area (Å²) in [5, 5.41) is 0. The van der Waals surface area contributed by atoms with E-state index >= 15 is 0 Å². The van der Waals surface area contributed by atoms with Gasteiger partial charge in [0.05, 0.1) is 0 Å². The quantitative estimate of drug-likeness (QED) is 0.746. The molecule has 3 rings (SSSR count).